The van der Waals surface area contributed by atoms with Crippen molar-refractivity contribution in [2.24, 2.45) is 4.99 Å². The number of nitro benzene ring substituents is 1. The largest absolute Gasteiger partial charge is 0.306 e. The Morgan fingerprint density at radius 3 is 2.67 bits per heavy atom. The van der Waals surface area contributed by atoms with Gasteiger partial charge < -0.3 is 5.32 Å². The van der Waals surface area contributed by atoms with Gasteiger partial charge >= 0.3 is 0 Å². The van der Waals surface area contributed by atoms with Gasteiger partial charge in [-0.3, -0.25) is 14.9 Å². The van der Waals surface area contributed by atoms with Gasteiger partial charge in [0.1, 0.15) is 11.4 Å². The first-order valence-electron chi connectivity index (χ1n) is 6.31. The van der Waals surface area contributed by atoms with Crippen LogP contribution < -0.4 is 5.32 Å². The zero-order valence-corrected chi connectivity index (χ0v) is 11.2. The molecule has 1 amide bonds. The van der Waals surface area contributed by atoms with Crippen molar-refractivity contribution in [1.29, 1.82) is 0 Å². The van der Waals surface area contributed by atoms with Crippen LogP contribution >= 0.6 is 0 Å². The maximum absolute atomic E-state index is 11.9. The molecule has 0 fully saturated rings. The second-order valence-corrected chi connectivity index (χ2v) is 4.71. The summed E-state index contributed by atoms with van der Waals surface area (Å²) >= 11 is 0. The van der Waals surface area contributed by atoms with Crippen molar-refractivity contribution < 1.29 is 9.72 Å². The van der Waals surface area contributed by atoms with Crippen LogP contribution in [0.1, 0.15) is 21.5 Å². The van der Waals surface area contributed by atoms with Crippen LogP contribution in [0.2, 0.25) is 0 Å². The van der Waals surface area contributed by atoms with Gasteiger partial charge in [0.05, 0.1) is 16.2 Å². The summed E-state index contributed by atoms with van der Waals surface area (Å²) in [6, 6.07) is 11.8. The highest BCUT2D eigenvalue weighted by Crippen LogP contribution is 2.28. The number of amides is 1. The van der Waals surface area contributed by atoms with Crippen LogP contribution in [0, 0.1) is 17.0 Å². The molecule has 0 radical (unpaired) electrons. The van der Waals surface area contributed by atoms with Gasteiger partial charge in [-0.15, -0.1) is 0 Å². The number of nitrogens with zero attached hydrogens (tertiary/aromatic N) is 2. The molecule has 0 spiro atoms. The van der Waals surface area contributed by atoms with E-state index in [1.807, 2.05) is 25.1 Å². The van der Waals surface area contributed by atoms with E-state index in [-0.39, 0.29) is 28.6 Å². The average molecular weight is 281 g/mol. The highest BCUT2D eigenvalue weighted by atomic mass is 16.6. The summed E-state index contributed by atoms with van der Waals surface area (Å²) in [6.45, 7) is 1.92. The van der Waals surface area contributed by atoms with Crippen LogP contribution in [0.4, 0.5) is 11.4 Å². The molecule has 6 nitrogen and oxygen atoms in total. The van der Waals surface area contributed by atoms with Crippen LogP contribution in [0.25, 0.3) is 0 Å². The van der Waals surface area contributed by atoms with Crippen LogP contribution in [0.5, 0.6) is 0 Å². The second-order valence-electron chi connectivity index (χ2n) is 4.71. The molecular weight excluding hydrogens is 270 g/mol. The predicted octanol–water partition coefficient (Wildman–Crippen LogP) is 2.72. The number of rotatable bonds is 2. The van der Waals surface area contributed by atoms with E-state index in [1.54, 1.807) is 12.1 Å². The lowest BCUT2D eigenvalue weighted by atomic mass is 10.1. The third kappa shape index (κ3) is 2.27. The maximum atomic E-state index is 11.9. The molecule has 0 unspecified atom stereocenters. The second kappa shape index (κ2) is 4.82. The minimum Gasteiger partial charge on any atom is -0.306 e. The molecule has 0 saturated carbocycles. The Bertz CT molecular complexity index is 797. The Morgan fingerprint density at radius 2 is 1.95 bits per heavy atom. The van der Waals surface area contributed by atoms with Gasteiger partial charge in [0, 0.05) is 6.07 Å². The lowest BCUT2D eigenvalue weighted by Crippen LogP contribution is -2.21. The summed E-state index contributed by atoms with van der Waals surface area (Å²) in [5.41, 5.74) is 2.04. The summed E-state index contributed by atoms with van der Waals surface area (Å²) < 4.78 is 0. The number of nitro groups is 1. The van der Waals surface area contributed by atoms with E-state index in [4.69, 9.17) is 0 Å². The van der Waals surface area contributed by atoms with Gasteiger partial charge in [-0.2, -0.15) is 0 Å². The number of aliphatic imine (C=N–C) groups is 1. The van der Waals surface area contributed by atoms with Crippen molar-refractivity contribution in [3.05, 3.63) is 69.3 Å². The number of nitrogens with one attached hydrogen (secondary N) is 1. The molecule has 1 aliphatic rings. The molecule has 6 heteroatoms. The maximum Gasteiger partial charge on any atom is 0.281 e. The lowest BCUT2D eigenvalue weighted by molar-refractivity contribution is -0.385. The SMILES string of the molecule is Cc1cccc(N=C2NC(=O)c3cccc([N+](=O)[O-])c32)c1. The molecule has 0 bridgehead atoms. The Hall–Kier alpha value is -3.02. The topological polar surface area (TPSA) is 84.6 Å². The quantitative estimate of drug-likeness (QED) is 0.678. The average Bonchev–Trinajstić information content (AvgIpc) is 2.75. The highest BCUT2D eigenvalue weighted by molar-refractivity contribution is 6.25. The van der Waals surface area contributed by atoms with E-state index in [0.29, 0.717) is 5.69 Å². The van der Waals surface area contributed by atoms with Crippen molar-refractivity contribution in [1.82, 2.24) is 5.32 Å². The number of carbonyl (C=O) groups excluding carboxylic acids is 1. The van der Waals surface area contributed by atoms with E-state index in [2.05, 4.69) is 10.3 Å². The Labute approximate surface area is 120 Å². The summed E-state index contributed by atoms with van der Waals surface area (Å²) in [5.74, 6) is -0.159. The van der Waals surface area contributed by atoms with E-state index in [1.165, 1.54) is 12.1 Å². The van der Waals surface area contributed by atoms with Crippen molar-refractivity contribution >= 4 is 23.1 Å². The molecule has 0 saturated heterocycles. The van der Waals surface area contributed by atoms with E-state index >= 15 is 0 Å². The molecule has 2 aromatic carbocycles. The standard InChI is InChI=1S/C15H11N3O3/c1-9-4-2-5-10(8-9)16-14-13-11(15(19)17-14)6-3-7-12(13)18(20)21/h2-8H,1H3,(H,16,17,19). The van der Waals surface area contributed by atoms with Crippen molar-refractivity contribution in [3.8, 4) is 0 Å². The Morgan fingerprint density at radius 1 is 1.19 bits per heavy atom. The number of fused-ring (bicyclic) bond motifs is 1. The summed E-state index contributed by atoms with van der Waals surface area (Å²) in [6.07, 6.45) is 0. The minimum absolute atomic E-state index is 0.128. The fourth-order valence-electron chi connectivity index (χ4n) is 2.28. The molecule has 0 atom stereocenters. The first-order chi connectivity index (χ1) is 10.1. The zero-order chi connectivity index (χ0) is 15.0. The fourth-order valence-corrected chi connectivity index (χ4v) is 2.28. The normalized spacial score (nSPS) is 14.9. The molecule has 104 valence electrons. The Balaban J connectivity index is 2.17. The minimum atomic E-state index is -0.509. The molecule has 3 rings (SSSR count). The number of aryl methyl sites for hydroxylation is 1. The van der Waals surface area contributed by atoms with E-state index < -0.39 is 4.92 Å². The smallest absolute Gasteiger partial charge is 0.281 e. The van der Waals surface area contributed by atoms with E-state index in [9.17, 15) is 14.9 Å². The molecule has 0 aliphatic carbocycles. The molecule has 1 heterocycles. The predicted molar refractivity (Wildman–Crippen MR) is 77.9 cm³/mol. The molecule has 0 aromatic heterocycles. The van der Waals surface area contributed by atoms with E-state index in [0.717, 1.165) is 5.56 Å². The molecular formula is C15H11N3O3. The van der Waals surface area contributed by atoms with Gasteiger partial charge in [0.25, 0.3) is 11.6 Å². The van der Waals surface area contributed by atoms with Gasteiger partial charge in [0.15, 0.2) is 0 Å². The van der Waals surface area contributed by atoms with Gasteiger partial charge in [-0.25, -0.2) is 4.99 Å². The molecule has 1 N–H and O–H groups in total. The zero-order valence-electron chi connectivity index (χ0n) is 11.2. The number of amidine groups is 1. The first kappa shape index (κ1) is 13.0. The molecule has 2 aromatic rings. The van der Waals surface area contributed by atoms with Gasteiger partial charge in [0.2, 0.25) is 0 Å². The third-order valence-electron chi connectivity index (χ3n) is 3.20. The number of carbonyl (C=O) groups is 1. The fraction of sp³-hybridized carbons (Fsp3) is 0.0667. The van der Waals surface area contributed by atoms with Crippen molar-refractivity contribution in [2.45, 2.75) is 6.92 Å². The third-order valence-corrected chi connectivity index (χ3v) is 3.20. The van der Waals surface area contributed by atoms with Crippen LogP contribution in [-0.2, 0) is 0 Å². The lowest BCUT2D eigenvalue weighted by Gasteiger charge is -2.01. The number of hydrogen-bond acceptors (Lipinski definition) is 4. The Kier molecular flexibility index (Phi) is 2.98. The summed E-state index contributed by atoms with van der Waals surface area (Å²) in [4.78, 5) is 26.8. The first-order valence-corrected chi connectivity index (χ1v) is 6.31. The monoisotopic (exact) mass is 281 g/mol. The van der Waals surface area contributed by atoms with Crippen LogP contribution in [0.15, 0.2) is 47.5 Å². The molecule has 1 aliphatic heterocycles. The van der Waals surface area contributed by atoms with Crippen molar-refractivity contribution in [2.75, 3.05) is 0 Å². The van der Waals surface area contributed by atoms with Gasteiger partial charge in [-0.05, 0) is 30.7 Å². The summed E-state index contributed by atoms with van der Waals surface area (Å²) in [5, 5.41) is 13.7. The summed E-state index contributed by atoms with van der Waals surface area (Å²) in [7, 11) is 0. The van der Waals surface area contributed by atoms with Crippen LogP contribution in [-0.4, -0.2) is 16.7 Å². The van der Waals surface area contributed by atoms with Gasteiger partial charge in [-0.1, -0.05) is 18.2 Å². The van der Waals surface area contributed by atoms with Crippen molar-refractivity contribution in [3.63, 3.8) is 0 Å². The molecule has 21 heavy (non-hydrogen) atoms. The highest BCUT2D eigenvalue weighted by Gasteiger charge is 2.32. The van der Waals surface area contributed by atoms with Crippen LogP contribution in [0.3, 0.4) is 0 Å². The number of hydrogen-bond donors (Lipinski definition) is 1. The number of benzene rings is 2.